The van der Waals surface area contributed by atoms with Crippen molar-refractivity contribution in [2.24, 2.45) is 0 Å². The molecule has 1 aliphatic rings. The fourth-order valence-corrected chi connectivity index (χ4v) is 2.00. The first-order chi connectivity index (χ1) is 8.06. The molecule has 0 saturated carbocycles. The highest BCUT2D eigenvalue weighted by atomic mass is 16.5. The number of carbonyl (C=O) groups is 1. The number of ether oxygens (including phenoxy) is 1. The second-order valence-corrected chi connectivity index (χ2v) is 4.36. The van der Waals surface area contributed by atoms with Crippen LogP contribution in [0.15, 0.2) is 23.1 Å². The van der Waals surface area contributed by atoms with Gasteiger partial charge in [0, 0.05) is 12.3 Å². The molecule has 0 amide bonds. The normalized spacial score (nSPS) is 23.8. The van der Waals surface area contributed by atoms with E-state index in [-0.39, 0.29) is 11.7 Å². The number of aryl methyl sites for hydroxylation is 1. The molecule has 5 nitrogen and oxygen atoms in total. The van der Waals surface area contributed by atoms with Crippen molar-refractivity contribution in [3.05, 3.63) is 34.2 Å². The zero-order chi connectivity index (χ0) is 12.4. The Kier molecular flexibility index (Phi) is 3.28. The van der Waals surface area contributed by atoms with Crippen LogP contribution in [0.25, 0.3) is 0 Å². The Hall–Kier alpha value is -1.62. The monoisotopic (exact) mass is 237 g/mol. The van der Waals surface area contributed by atoms with Gasteiger partial charge in [-0.05, 0) is 31.4 Å². The van der Waals surface area contributed by atoms with Gasteiger partial charge in [-0.2, -0.15) is 0 Å². The summed E-state index contributed by atoms with van der Waals surface area (Å²) in [6.45, 7) is 2.28. The number of carboxylic acid groups (broad SMARTS) is 1. The fourth-order valence-electron chi connectivity index (χ4n) is 2.00. The van der Waals surface area contributed by atoms with Crippen molar-refractivity contribution < 1.29 is 14.6 Å². The summed E-state index contributed by atoms with van der Waals surface area (Å²) in [5.41, 5.74) is 0.842. The lowest BCUT2D eigenvalue weighted by Gasteiger charge is -2.13. The van der Waals surface area contributed by atoms with Crippen LogP contribution in [0.5, 0.6) is 0 Å². The summed E-state index contributed by atoms with van der Waals surface area (Å²) in [5.74, 6) is -0.927. The van der Waals surface area contributed by atoms with Gasteiger partial charge in [0.1, 0.15) is 0 Å². The Morgan fingerprint density at radius 2 is 2.35 bits per heavy atom. The molecule has 2 atom stereocenters. The molecule has 17 heavy (non-hydrogen) atoms. The molecule has 2 rings (SSSR count). The lowest BCUT2D eigenvalue weighted by Crippen LogP contribution is -2.27. The molecule has 1 fully saturated rings. The summed E-state index contributed by atoms with van der Waals surface area (Å²) in [5, 5.41) is 8.79. The summed E-state index contributed by atoms with van der Waals surface area (Å²) in [7, 11) is 0. The van der Waals surface area contributed by atoms with E-state index in [1.807, 2.05) is 13.0 Å². The van der Waals surface area contributed by atoms with E-state index in [1.54, 1.807) is 16.8 Å². The maximum absolute atomic E-state index is 11.6. The van der Waals surface area contributed by atoms with E-state index in [0.717, 1.165) is 5.56 Å². The van der Waals surface area contributed by atoms with Gasteiger partial charge in [-0.3, -0.25) is 4.79 Å². The highest BCUT2D eigenvalue weighted by Crippen LogP contribution is 2.20. The molecule has 0 aromatic carbocycles. The van der Waals surface area contributed by atoms with Crippen molar-refractivity contribution in [1.82, 2.24) is 4.57 Å². The molecular weight excluding hydrogens is 222 g/mol. The van der Waals surface area contributed by atoms with Crippen LogP contribution in [0.3, 0.4) is 0 Å². The predicted molar refractivity (Wildman–Crippen MR) is 61.0 cm³/mol. The van der Waals surface area contributed by atoms with Gasteiger partial charge in [-0.1, -0.05) is 0 Å². The number of carboxylic acids is 1. The number of hydrogen-bond donors (Lipinski definition) is 1. The van der Waals surface area contributed by atoms with E-state index in [0.29, 0.717) is 19.4 Å². The zero-order valence-corrected chi connectivity index (χ0v) is 9.63. The minimum absolute atomic E-state index is 0.0765. The number of hydrogen-bond acceptors (Lipinski definition) is 3. The molecule has 0 bridgehead atoms. The lowest BCUT2D eigenvalue weighted by molar-refractivity contribution is -0.149. The van der Waals surface area contributed by atoms with E-state index in [9.17, 15) is 9.59 Å². The predicted octanol–water partition coefficient (Wildman–Crippen LogP) is 0.789. The highest BCUT2D eigenvalue weighted by Gasteiger charge is 2.30. The molecule has 1 aliphatic heterocycles. The van der Waals surface area contributed by atoms with Gasteiger partial charge in [0.25, 0.3) is 5.56 Å². The quantitative estimate of drug-likeness (QED) is 0.843. The van der Waals surface area contributed by atoms with E-state index in [4.69, 9.17) is 9.84 Å². The zero-order valence-electron chi connectivity index (χ0n) is 9.63. The minimum Gasteiger partial charge on any atom is -0.479 e. The molecule has 2 unspecified atom stereocenters. The van der Waals surface area contributed by atoms with Crippen molar-refractivity contribution in [2.75, 3.05) is 0 Å². The Morgan fingerprint density at radius 3 is 2.94 bits per heavy atom. The molecule has 1 aromatic rings. The van der Waals surface area contributed by atoms with Gasteiger partial charge in [-0.15, -0.1) is 0 Å². The molecule has 2 heterocycles. The molecule has 0 aliphatic carbocycles. The van der Waals surface area contributed by atoms with Crippen LogP contribution in [-0.2, 0) is 16.1 Å². The number of aromatic nitrogens is 1. The molecular formula is C12H15NO4. The highest BCUT2D eigenvalue weighted by molar-refractivity contribution is 5.72. The number of rotatable bonds is 3. The van der Waals surface area contributed by atoms with Gasteiger partial charge in [0.15, 0.2) is 6.10 Å². The Labute approximate surface area is 98.6 Å². The summed E-state index contributed by atoms with van der Waals surface area (Å²) in [6, 6.07) is 3.41. The fraction of sp³-hybridized carbons (Fsp3) is 0.500. The van der Waals surface area contributed by atoms with E-state index < -0.39 is 12.1 Å². The van der Waals surface area contributed by atoms with E-state index in [2.05, 4.69) is 0 Å². The van der Waals surface area contributed by atoms with Crippen LogP contribution in [0.2, 0.25) is 0 Å². The van der Waals surface area contributed by atoms with Crippen molar-refractivity contribution >= 4 is 5.97 Å². The first kappa shape index (κ1) is 11.9. The van der Waals surface area contributed by atoms with E-state index in [1.165, 1.54) is 0 Å². The summed E-state index contributed by atoms with van der Waals surface area (Å²) >= 11 is 0. The van der Waals surface area contributed by atoms with Gasteiger partial charge < -0.3 is 14.4 Å². The van der Waals surface area contributed by atoms with Gasteiger partial charge in [0.05, 0.1) is 12.6 Å². The SMILES string of the molecule is Cc1ccn(CC2CCC(C(=O)O)O2)c(=O)c1. The van der Waals surface area contributed by atoms with Crippen molar-refractivity contribution in [1.29, 1.82) is 0 Å². The third-order valence-corrected chi connectivity index (χ3v) is 2.93. The maximum atomic E-state index is 11.6. The number of nitrogens with zero attached hydrogens (tertiary/aromatic N) is 1. The first-order valence-corrected chi connectivity index (χ1v) is 5.61. The maximum Gasteiger partial charge on any atom is 0.332 e. The second-order valence-electron chi connectivity index (χ2n) is 4.36. The lowest BCUT2D eigenvalue weighted by atomic mass is 10.2. The summed E-state index contributed by atoms with van der Waals surface area (Å²) < 4.78 is 6.91. The molecule has 0 radical (unpaired) electrons. The Morgan fingerprint density at radius 1 is 1.59 bits per heavy atom. The van der Waals surface area contributed by atoms with Crippen LogP contribution in [-0.4, -0.2) is 27.9 Å². The summed E-state index contributed by atoms with van der Waals surface area (Å²) in [4.78, 5) is 22.4. The van der Waals surface area contributed by atoms with Gasteiger partial charge in [0.2, 0.25) is 0 Å². The smallest absolute Gasteiger partial charge is 0.332 e. The van der Waals surface area contributed by atoms with Crippen LogP contribution in [0.1, 0.15) is 18.4 Å². The molecule has 0 spiro atoms. The Bertz CT molecular complexity index is 480. The van der Waals surface area contributed by atoms with Crippen molar-refractivity contribution in [3.8, 4) is 0 Å². The van der Waals surface area contributed by atoms with Crippen molar-refractivity contribution in [2.45, 2.75) is 38.5 Å². The largest absolute Gasteiger partial charge is 0.479 e. The minimum atomic E-state index is -0.927. The molecule has 5 heteroatoms. The molecule has 1 N–H and O–H groups in total. The topological polar surface area (TPSA) is 68.5 Å². The number of pyridine rings is 1. The molecule has 1 saturated heterocycles. The molecule has 1 aromatic heterocycles. The third kappa shape index (κ3) is 2.74. The van der Waals surface area contributed by atoms with E-state index >= 15 is 0 Å². The van der Waals surface area contributed by atoms with Gasteiger partial charge in [-0.25, -0.2) is 4.79 Å². The average molecular weight is 237 g/mol. The third-order valence-electron chi connectivity index (χ3n) is 2.93. The summed E-state index contributed by atoms with van der Waals surface area (Å²) in [6.07, 6.45) is 2.00. The van der Waals surface area contributed by atoms with Gasteiger partial charge >= 0.3 is 5.97 Å². The van der Waals surface area contributed by atoms with Crippen LogP contribution >= 0.6 is 0 Å². The standard InChI is InChI=1S/C12H15NO4/c1-8-4-5-13(11(14)6-8)7-9-2-3-10(17-9)12(15)16/h4-6,9-10H,2-3,7H2,1H3,(H,15,16). The van der Waals surface area contributed by atoms with Crippen LogP contribution in [0.4, 0.5) is 0 Å². The average Bonchev–Trinajstić information content (AvgIpc) is 2.71. The van der Waals surface area contributed by atoms with Crippen molar-refractivity contribution in [3.63, 3.8) is 0 Å². The Balaban J connectivity index is 2.03. The second kappa shape index (κ2) is 4.71. The first-order valence-electron chi connectivity index (χ1n) is 5.61. The van der Waals surface area contributed by atoms with Crippen LogP contribution < -0.4 is 5.56 Å². The number of aliphatic carboxylic acids is 1. The molecule has 92 valence electrons. The van der Waals surface area contributed by atoms with Crippen LogP contribution in [0, 0.1) is 6.92 Å².